The Morgan fingerprint density at radius 3 is 2.58 bits per heavy atom. The van der Waals surface area contributed by atoms with Crippen LogP contribution >= 0.6 is 0 Å². The van der Waals surface area contributed by atoms with Crippen LogP contribution in [0.4, 0.5) is 22.0 Å². The molecule has 0 spiro atoms. The van der Waals surface area contributed by atoms with E-state index in [1.165, 1.54) is 0 Å². The van der Waals surface area contributed by atoms with E-state index < -0.39 is 0 Å². The molecule has 5 aromatic rings. The number of imidazole rings is 1. The smallest absolute Gasteiger partial charge is 0.332 e. The van der Waals surface area contributed by atoms with Crippen molar-refractivity contribution in [2.45, 2.75) is 39.7 Å². The second-order valence-corrected chi connectivity index (χ2v) is 10.3. The normalized spacial score (nSPS) is 11.5. The van der Waals surface area contributed by atoms with Crippen LogP contribution in [0.3, 0.4) is 0 Å². The molecule has 0 bridgehead atoms. The number of nitrogens with zero attached hydrogens (tertiary/aromatic N) is 4. The minimum atomic E-state index is -0.290. The second-order valence-electron chi connectivity index (χ2n) is 10.3. The van der Waals surface area contributed by atoms with Gasteiger partial charge in [0.2, 0.25) is 0 Å². The highest BCUT2D eigenvalue weighted by atomic mass is 16.5. The second kappa shape index (κ2) is 10.4. The van der Waals surface area contributed by atoms with E-state index in [1.54, 1.807) is 29.7 Å². The Morgan fingerprint density at radius 1 is 1.05 bits per heavy atom. The van der Waals surface area contributed by atoms with E-state index in [4.69, 9.17) is 4.74 Å². The first-order valence-electron chi connectivity index (χ1n) is 12.6. The molecule has 0 saturated carbocycles. The molecule has 0 unspecified atom stereocenters. The minimum Gasteiger partial charge on any atom is -0.491 e. The summed E-state index contributed by atoms with van der Waals surface area (Å²) in [6.45, 7) is 9.68. The molecular formula is C30H32N6O2. The van der Waals surface area contributed by atoms with Gasteiger partial charge in [0, 0.05) is 29.2 Å². The van der Waals surface area contributed by atoms with Gasteiger partial charge in [-0.15, -0.1) is 0 Å². The van der Waals surface area contributed by atoms with E-state index in [-0.39, 0.29) is 11.4 Å². The SMILES string of the molecule is Cc1ccc(C(C)(C)C)cc1N(C(=O)Nc1ccc(OCCn2ccnc2)c2ccccc12)c1ccn[nH]1. The first-order chi connectivity index (χ1) is 18.3. The van der Waals surface area contributed by atoms with Gasteiger partial charge in [0.05, 0.1) is 30.4 Å². The number of amides is 2. The first kappa shape index (κ1) is 25.1. The van der Waals surface area contributed by atoms with Gasteiger partial charge in [-0.05, 0) is 41.7 Å². The Balaban J connectivity index is 1.46. The Bertz CT molecular complexity index is 1540. The van der Waals surface area contributed by atoms with Crippen LogP contribution in [0.5, 0.6) is 5.75 Å². The van der Waals surface area contributed by atoms with Crippen molar-refractivity contribution in [3.05, 3.63) is 96.7 Å². The summed E-state index contributed by atoms with van der Waals surface area (Å²) < 4.78 is 8.07. The lowest BCUT2D eigenvalue weighted by molar-refractivity contribution is 0.259. The van der Waals surface area contributed by atoms with Crippen molar-refractivity contribution in [1.82, 2.24) is 19.7 Å². The predicted molar refractivity (Wildman–Crippen MR) is 151 cm³/mol. The zero-order valence-corrected chi connectivity index (χ0v) is 22.1. The molecule has 0 aliphatic heterocycles. The Labute approximate surface area is 222 Å². The van der Waals surface area contributed by atoms with Gasteiger partial charge in [-0.25, -0.2) is 14.7 Å². The topological polar surface area (TPSA) is 88.1 Å². The summed E-state index contributed by atoms with van der Waals surface area (Å²) in [6, 6.07) is 19.4. The highest BCUT2D eigenvalue weighted by molar-refractivity contribution is 6.11. The van der Waals surface area contributed by atoms with Gasteiger partial charge in [0.15, 0.2) is 0 Å². The number of nitrogens with one attached hydrogen (secondary N) is 2. The number of aromatic amines is 1. The number of hydrogen-bond acceptors (Lipinski definition) is 4. The maximum atomic E-state index is 13.9. The van der Waals surface area contributed by atoms with Gasteiger partial charge < -0.3 is 14.6 Å². The molecular weight excluding hydrogens is 476 g/mol. The van der Waals surface area contributed by atoms with Crippen molar-refractivity contribution >= 4 is 34.0 Å². The average Bonchev–Trinajstić information content (AvgIpc) is 3.61. The van der Waals surface area contributed by atoms with Crippen molar-refractivity contribution < 1.29 is 9.53 Å². The fourth-order valence-corrected chi connectivity index (χ4v) is 4.40. The van der Waals surface area contributed by atoms with E-state index in [0.29, 0.717) is 24.7 Å². The third-order valence-electron chi connectivity index (χ3n) is 6.54. The van der Waals surface area contributed by atoms with Crippen LogP contribution < -0.4 is 15.0 Å². The van der Waals surface area contributed by atoms with E-state index in [9.17, 15) is 4.79 Å². The molecule has 38 heavy (non-hydrogen) atoms. The monoisotopic (exact) mass is 508 g/mol. The van der Waals surface area contributed by atoms with Crippen molar-refractivity contribution in [2.24, 2.45) is 0 Å². The zero-order chi connectivity index (χ0) is 26.7. The van der Waals surface area contributed by atoms with Gasteiger partial charge in [0.1, 0.15) is 18.2 Å². The molecule has 8 heteroatoms. The molecule has 2 heterocycles. The molecule has 8 nitrogen and oxygen atoms in total. The number of benzene rings is 3. The highest BCUT2D eigenvalue weighted by Crippen LogP contribution is 2.35. The number of carbonyl (C=O) groups is 1. The molecule has 0 saturated heterocycles. The summed E-state index contributed by atoms with van der Waals surface area (Å²) in [5.41, 5.74) is 3.54. The summed E-state index contributed by atoms with van der Waals surface area (Å²) in [6.07, 6.45) is 7.07. The van der Waals surface area contributed by atoms with E-state index in [2.05, 4.69) is 59.5 Å². The number of anilines is 3. The predicted octanol–water partition coefficient (Wildman–Crippen LogP) is 6.81. The number of ether oxygens (including phenoxy) is 1. The number of aryl methyl sites for hydroxylation is 1. The molecule has 5 rings (SSSR count). The summed E-state index contributed by atoms with van der Waals surface area (Å²) in [4.78, 5) is 19.6. The molecule has 0 radical (unpaired) electrons. The van der Waals surface area contributed by atoms with Gasteiger partial charge in [-0.2, -0.15) is 5.10 Å². The van der Waals surface area contributed by atoms with Crippen LogP contribution in [-0.4, -0.2) is 32.4 Å². The number of fused-ring (bicyclic) bond motifs is 1. The number of H-pyrrole nitrogens is 1. The molecule has 0 fully saturated rings. The van der Waals surface area contributed by atoms with Crippen LogP contribution in [0.25, 0.3) is 10.8 Å². The fourth-order valence-electron chi connectivity index (χ4n) is 4.40. The van der Waals surface area contributed by atoms with Crippen LogP contribution in [0.15, 0.2) is 85.6 Å². The Hall–Kier alpha value is -4.59. The number of urea groups is 1. The van der Waals surface area contributed by atoms with Crippen molar-refractivity contribution in [3.63, 3.8) is 0 Å². The Kier molecular flexibility index (Phi) is 6.87. The lowest BCUT2D eigenvalue weighted by Gasteiger charge is -2.27. The minimum absolute atomic E-state index is 0.0670. The first-order valence-corrected chi connectivity index (χ1v) is 12.6. The molecule has 2 aromatic heterocycles. The van der Waals surface area contributed by atoms with E-state index >= 15 is 0 Å². The van der Waals surface area contributed by atoms with E-state index in [0.717, 1.165) is 33.3 Å². The van der Waals surface area contributed by atoms with Crippen molar-refractivity contribution in [3.8, 4) is 5.75 Å². The lowest BCUT2D eigenvalue weighted by Crippen LogP contribution is -2.32. The van der Waals surface area contributed by atoms with Crippen molar-refractivity contribution in [2.75, 3.05) is 16.8 Å². The molecule has 3 aromatic carbocycles. The zero-order valence-electron chi connectivity index (χ0n) is 22.1. The largest absolute Gasteiger partial charge is 0.491 e. The third-order valence-corrected chi connectivity index (χ3v) is 6.54. The fraction of sp³-hybridized carbons (Fsp3) is 0.233. The molecule has 0 aliphatic carbocycles. The van der Waals surface area contributed by atoms with Crippen LogP contribution in [0.1, 0.15) is 31.9 Å². The summed E-state index contributed by atoms with van der Waals surface area (Å²) in [5.74, 6) is 1.35. The number of hydrogen-bond donors (Lipinski definition) is 2. The van der Waals surface area contributed by atoms with Crippen LogP contribution in [0, 0.1) is 6.92 Å². The van der Waals surface area contributed by atoms with Gasteiger partial charge in [-0.3, -0.25) is 5.10 Å². The maximum Gasteiger partial charge on any atom is 0.332 e. The number of carbonyl (C=O) groups excluding carboxylic acids is 1. The van der Waals surface area contributed by atoms with Gasteiger partial charge >= 0.3 is 6.03 Å². The summed E-state index contributed by atoms with van der Waals surface area (Å²) in [7, 11) is 0. The quantitative estimate of drug-likeness (QED) is 0.253. The van der Waals surface area contributed by atoms with Crippen LogP contribution in [0.2, 0.25) is 0 Å². The number of aromatic nitrogens is 4. The summed E-state index contributed by atoms with van der Waals surface area (Å²) >= 11 is 0. The van der Waals surface area contributed by atoms with E-state index in [1.807, 2.05) is 54.1 Å². The van der Waals surface area contributed by atoms with Gasteiger partial charge in [-0.1, -0.05) is 57.2 Å². The molecule has 2 amide bonds. The van der Waals surface area contributed by atoms with Crippen LogP contribution in [-0.2, 0) is 12.0 Å². The molecule has 194 valence electrons. The Morgan fingerprint density at radius 2 is 1.87 bits per heavy atom. The summed E-state index contributed by atoms with van der Waals surface area (Å²) in [5, 5.41) is 12.0. The molecule has 0 aliphatic rings. The standard InChI is InChI=1S/C30H32N6O2/c1-21-9-10-22(30(2,3)4)19-26(21)36(28-13-14-32-34-28)29(37)33-25-11-12-27(24-8-6-5-7-23(24)25)38-18-17-35-16-15-31-20-35/h5-16,19-20H,17-18H2,1-4H3,(H,32,34)(H,33,37). The number of rotatable bonds is 7. The molecule has 2 N–H and O–H groups in total. The molecule has 0 atom stereocenters. The van der Waals surface area contributed by atoms with Gasteiger partial charge in [0.25, 0.3) is 0 Å². The maximum absolute atomic E-state index is 13.9. The lowest BCUT2D eigenvalue weighted by atomic mass is 9.86. The highest BCUT2D eigenvalue weighted by Gasteiger charge is 2.24. The van der Waals surface area contributed by atoms with Crippen molar-refractivity contribution in [1.29, 1.82) is 0 Å². The third kappa shape index (κ3) is 5.25. The average molecular weight is 509 g/mol.